The molecule has 0 fully saturated rings. The molecule has 80 valence electrons. The summed E-state index contributed by atoms with van der Waals surface area (Å²) in [5.41, 5.74) is 1.80. The fourth-order valence-corrected chi connectivity index (χ4v) is 1.35. The summed E-state index contributed by atoms with van der Waals surface area (Å²) in [4.78, 5) is 0. The minimum atomic E-state index is 0.743. The van der Waals surface area contributed by atoms with E-state index in [1.807, 2.05) is 24.3 Å². The Hall–Kier alpha value is -1.37. The molecule has 0 spiro atoms. The first kappa shape index (κ1) is 11.7. The SMILES string of the molecule is COCCCNCc1ccccc1C#N. The Morgan fingerprint density at radius 1 is 1.40 bits per heavy atom. The van der Waals surface area contributed by atoms with Gasteiger partial charge < -0.3 is 10.1 Å². The molecule has 0 aliphatic rings. The highest BCUT2D eigenvalue weighted by atomic mass is 16.5. The standard InChI is InChI=1S/C12H16N2O/c1-15-8-4-7-14-10-12-6-3-2-5-11(12)9-13/h2-3,5-6,14H,4,7-8,10H2,1H3. The van der Waals surface area contributed by atoms with Gasteiger partial charge in [-0.1, -0.05) is 18.2 Å². The Bertz CT molecular complexity index is 331. The number of hydrogen-bond acceptors (Lipinski definition) is 3. The molecule has 15 heavy (non-hydrogen) atoms. The summed E-state index contributed by atoms with van der Waals surface area (Å²) in [7, 11) is 1.70. The summed E-state index contributed by atoms with van der Waals surface area (Å²) in [5, 5.41) is 12.1. The lowest BCUT2D eigenvalue weighted by molar-refractivity contribution is 0.194. The third-order valence-corrected chi connectivity index (χ3v) is 2.16. The largest absolute Gasteiger partial charge is 0.385 e. The van der Waals surface area contributed by atoms with E-state index in [0.29, 0.717) is 0 Å². The van der Waals surface area contributed by atoms with Crippen LogP contribution in [0.4, 0.5) is 0 Å². The molecule has 0 atom stereocenters. The van der Waals surface area contributed by atoms with Crippen LogP contribution in [0.15, 0.2) is 24.3 Å². The Balaban J connectivity index is 2.34. The van der Waals surface area contributed by atoms with Gasteiger partial charge in [0.2, 0.25) is 0 Å². The zero-order valence-corrected chi connectivity index (χ0v) is 8.99. The lowest BCUT2D eigenvalue weighted by Crippen LogP contribution is -2.16. The highest BCUT2D eigenvalue weighted by Gasteiger charge is 1.98. The van der Waals surface area contributed by atoms with Gasteiger partial charge in [-0.05, 0) is 24.6 Å². The summed E-state index contributed by atoms with van der Waals surface area (Å²) in [6, 6.07) is 9.83. The van der Waals surface area contributed by atoms with Crippen LogP contribution in [0.3, 0.4) is 0 Å². The molecule has 0 aliphatic carbocycles. The smallest absolute Gasteiger partial charge is 0.0995 e. The Labute approximate surface area is 90.7 Å². The molecule has 0 heterocycles. The van der Waals surface area contributed by atoms with Crippen molar-refractivity contribution in [3.8, 4) is 6.07 Å². The quantitative estimate of drug-likeness (QED) is 0.717. The van der Waals surface area contributed by atoms with Crippen molar-refractivity contribution >= 4 is 0 Å². The van der Waals surface area contributed by atoms with Crippen molar-refractivity contribution in [1.29, 1.82) is 5.26 Å². The molecule has 0 unspecified atom stereocenters. The average molecular weight is 204 g/mol. The van der Waals surface area contributed by atoms with Crippen LogP contribution in [0.1, 0.15) is 17.5 Å². The van der Waals surface area contributed by atoms with Gasteiger partial charge in [0, 0.05) is 20.3 Å². The van der Waals surface area contributed by atoms with Crippen molar-refractivity contribution in [1.82, 2.24) is 5.32 Å². The maximum Gasteiger partial charge on any atom is 0.0995 e. The molecule has 1 aromatic carbocycles. The molecular weight excluding hydrogens is 188 g/mol. The van der Waals surface area contributed by atoms with Crippen LogP contribution >= 0.6 is 0 Å². The number of methoxy groups -OCH3 is 1. The van der Waals surface area contributed by atoms with E-state index >= 15 is 0 Å². The normalized spacial score (nSPS) is 9.87. The van der Waals surface area contributed by atoms with E-state index in [2.05, 4.69) is 11.4 Å². The van der Waals surface area contributed by atoms with E-state index < -0.39 is 0 Å². The first-order valence-electron chi connectivity index (χ1n) is 5.06. The van der Waals surface area contributed by atoms with Crippen LogP contribution in [-0.2, 0) is 11.3 Å². The molecule has 1 N–H and O–H groups in total. The van der Waals surface area contributed by atoms with E-state index in [1.165, 1.54) is 0 Å². The van der Waals surface area contributed by atoms with E-state index in [9.17, 15) is 0 Å². The number of hydrogen-bond donors (Lipinski definition) is 1. The highest BCUT2D eigenvalue weighted by Crippen LogP contribution is 2.06. The number of benzene rings is 1. The Morgan fingerprint density at radius 3 is 2.93 bits per heavy atom. The van der Waals surface area contributed by atoms with Crippen LogP contribution in [-0.4, -0.2) is 20.3 Å². The molecule has 0 saturated carbocycles. The average Bonchev–Trinajstić information content (AvgIpc) is 2.29. The van der Waals surface area contributed by atoms with Gasteiger partial charge in [0.15, 0.2) is 0 Å². The summed E-state index contributed by atoms with van der Waals surface area (Å²) in [6.07, 6.45) is 0.991. The van der Waals surface area contributed by atoms with Crippen LogP contribution in [0.5, 0.6) is 0 Å². The van der Waals surface area contributed by atoms with Gasteiger partial charge in [-0.2, -0.15) is 5.26 Å². The van der Waals surface area contributed by atoms with Gasteiger partial charge in [0.1, 0.15) is 0 Å². The monoisotopic (exact) mass is 204 g/mol. The lowest BCUT2D eigenvalue weighted by Gasteiger charge is -2.05. The Kier molecular flexibility index (Phi) is 5.46. The predicted molar refractivity (Wildman–Crippen MR) is 59.4 cm³/mol. The molecule has 0 radical (unpaired) electrons. The van der Waals surface area contributed by atoms with Crippen molar-refractivity contribution in [2.45, 2.75) is 13.0 Å². The molecule has 0 aromatic heterocycles. The highest BCUT2D eigenvalue weighted by molar-refractivity contribution is 5.37. The first-order valence-corrected chi connectivity index (χ1v) is 5.06. The molecule has 3 nitrogen and oxygen atoms in total. The van der Waals surface area contributed by atoms with Crippen molar-refractivity contribution in [2.75, 3.05) is 20.3 Å². The topological polar surface area (TPSA) is 45.0 Å². The summed E-state index contributed by atoms with van der Waals surface area (Å²) < 4.78 is 4.95. The van der Waals surface area contributed by atoms with Crippen LogP contribution in [0, 0.1) is 11.3 Å². The van der Waals surface area contributed by atoms with Gasteiger partial charge in [-0.15, -0.1) is 0 Å². The molecule has 1 aromatic rings. The minimum absolute atomic E-state index is 0.743. The van der Waals surface area contributed by atoms with Gasteiger partial charge >= 0.3 is 0 Å². The molecule has 3 heteroatoms. The maximum atomic E-state index is 8.86. The minimum Gasteiger partial charge on any atom is -0.385 e. The van der Waals surface area contributed by atoms with Crippen LogP contribution < -0.4 is 5.32 Å². The maximum absolute atomic E-state index is 8.86. The zero-order valence-electron chi connectivity index (χ0n) is 8.99. The molecule has 1 rings (SSSR count). The van der Waals surface area contributed by atoms with Crippen molar-refractivity contribution in [2.24, 2.45) is 0 Å². The lowest BCUT2D eigenvalue weighted by atomic mass is 10.1. The Morgan fingerprint density at radius 2 is 2.20 bits per heavy atom. The van der Waals surface area contributed by atoms with E-state index in [1.54, 1.807) is 7.11 Å². The van der Waals surface area contributed by atoms with Crippen molar-refractivity contribution < 1.29 is 4.74 Å². The van der Waals surface area contributed by atoms with Crippen LogP contribution in [0.2, 0.25) is 0 Å². The first-order chi connectivity index (χ1) is 7.38. The fraction of sp³-hybridized carbons (Fsp3) is 0.417. The van der Waals surface area contributed by atoms with Gasteiger partial charge in [-0.25, -0.2) is 0 Å². The molecule has 0 bridgehead atoms. The number of nitrogens with zero attached hydrogens (tertiary/aromatic N) is 1. The third kappa shape index (κ3) is 4.11. The zero-order chi connectivity index (χ0) is 10.9. The molecular formula is C12H16N2O. The fourth-order valence-electron chi connectivity index (χ4n) is 1.35. The van der Waals surface area contributed by atoms with Gasteiger partial charge in [0.25, 0.3) is 0 Å². The number of rotatable bonds is 6. The third-order valence-electron chi connectivity index (χ3n) is 2.16. The van der Waals surface area contributed by atoms with Crippen molar-refractivity contribution in [3.05, 3.63) is 35.4 Å². The number of ether oxygens (including phenoxy) is 1. The molecule has 0 aliphatic heterocycles. The van der Waals surface area contributed by atoms with Gasteiger partial charge in [0.05, 0.1) is 11.6 Å². The van der Waals surface area contributed by atoms with Gasteiger partial charge in [-0.3, -0.25) is 0 Å². The molecule has 0 amide bonds. The second kappa shape index (κ2) is 6.99. The van der Waals surface area contributed by atoms with Crippen molar-refractivity contribution in [3.63, 3.8) is 0 Å². The summed E-state index contributed by atoms with van der Waals surface area (Å²) in [6.45, 7) is 2.42. The second-order valence-electron chi connectivity index (χ2n) is 3.29. The molecule has 0 saturated heterocycles. The van der Waals surface area contributed by atoms with Crippen LogP contribution in [0.25, 0.3) is 0 Å². The summed E-state index contributed by atoms with van der Waals surface area (Å²) in [5.74, 6) is 0. The van der Waals surface area contributed by atoms with E-state index in [4.69, 9.17) is 10.00 Å². The second-order valence-corrected chi connectivity index (χ2v) is 3.29. The van der Waals surface area contributed by atoms with E-state index in [-0.39, 0.29) is 0 Å². The predicted octanol–water partition coefficient (Wildman–Crippen LogP) is 1.68. The summed E-state index contributed by atoms with van der Waals surface area (Å²) >= 11 is 0. The number of nitriles is 1. The number of nitrogens with one attached hydrogen (secondary N) is 1. The van der Waals surface area contributed by atoms with E-state index in [0.717, 1.165) is 37.2 Å².